The van der Waals surface area contributed by atoms with E-state index in [1.54, 1.807) is 13.0 Å². The molecule has 1 aliphatic rings. The van der Waals surface area contributed by atoms with E-state index in [0.29, 0.717) is 26.1 Å². The lowest BCUT2D eigenvalue weighted by molar-refractivity contribution is -0.137. The molecule has 1 amide bonds. The van der Waals surface area contributed by atoms with Crippen molar-refractivity contribution >= 4 is 18.1 Å². The molecule has 1 N–H and O–H groups in total. The predicted molar refractivity (Wildman–Crippen MR) is 74.2 cm³/mol. The number of fused-ring (bicyclic) bond motifs is 1. The maximum absolute atomic E-state index is 11.3. The van der Waals surface area contributed by atoms with Crippen LogP contribution >= 0.6 is 0 Å². The van der Waals surface area contributed by atoms with Crippen LogP contribution in [-0.2, 0) is 22.5 Å². The van der Waals surface area contributed by atoms with E-state index in [1.165, 1.54) is 11.0 Å². The molecule has 0 aromatic heterocycles. The van der Waals surface area contributed by atoms with Crippen molar-refractivity contribution in [3.63, 3.8) is 0 Å². The Balaban J connectivity index is 2.19. The van der Waals surface area contributed by atoms with Gasteiger partial charge in [0, 0.05) is 19.2 Å². The second-order valence-corrected chi connectivity index (χ2v) is 4.52. The van der Waals surface area contributed by atoms with Crippen LogP contribution in [0.3, 0.4) is 0 Å². The molecule has 0 spiro atoms. The minimum absolute atomic E-state index is 0.351. The lowest BCUT2D eigenvalue weighted by atomic mass is 9.94. The Morgan fingerprint density at radius 1 is 1.45 bits per heavy atom. The normalized spacial score (nSPS) is 14.2. The molecule has 2 rings (SSSR count). The summed E-state index contributed by atoms with van der Waals surface area (Å²) in [5.41, 5.74) is 3.04. The number of hydrogen-bond acceptors (Lipinski definition) is 3. The predicted octanol–water partition coefficient (Wildman–Crippen LogP) is 2.30. The number of carboxylic acid groups (broad SMARTS) is 1. The molecule has 0 atom stereocenters. The third-order valence-electron chi connectivity index (χ3n) is 3.26. The number of esters is 1. The van der Waals surface area contributed by atoms with Gasteiger partial charge in [-0.3, -0.25) is 0 Å². The van der Waals surface area contributed by atoms with Crippen molar-refractivity contribution in [2.75, 3.05) is 13.2 Å². The Bertz CT molecular complexity index is 551. The van der Waals surface area contributed by atoms with Gasteiger partial charge in [-0.15, -0.1) is 0 Å². The van der Waals surface area contributed by atoms with Gasteiger partial charge in [0.15, 0.2) is 0 Å². The van der Waals surface area contributed by atoms with Gasteiger partial charge in [0.05, 0.1) is 6.61 Å². The minimum Gasteiger partial charge on any atom is -0.465 e. The number of carbonyl (C=O) groups excluding carboxylic acids is 1. The maximum Gasteiger partial charge on any atom is 0.407 e. The number of amides is 1. The summed E-state index contributed by atoms with van der Waals surface area (Å²) in [5.74, 6) is -0.368. The molecule has 0 saturated heterocycles. The first-order chi connectivity index (χ1) is 9.61. The quantitative estimate of drug-likeness (QED) is 0.679. The maximum atomic E-state index is 11.3. The monoisotopic (exact) mass is 275 g/mol. The molecule has 0 radical (unpaired) electrons. The number of rotatable bonds is 3. The Morgan fingerprint density at radius 2 is 2.25 bits per heavy atom. The van der Waals surface area contributed by atoms with Crippen molar-refractivity contribution in [2.24, 2.45) is 0 Å². The van der Waals surface area contributed by atoms with Crippen LogP contribution in [0.4, 0.5) is 4.79 Å². The van der Waals surface area contributed by atoms with Crippen molar-refractivity contribution in [3.05, 3.63) is 41.0 Å². The van der Waals surface area contributed by atoms with Crippen molar-refractivity contribution in [1.82, 2.24) is 4.90 Å². The number of carbonyl (C=O) groups is 2. The van der Waals surface area contributed by atoms with E-state index in [2.05, 4.69) is 0 Å². The molecule has 0 aliphatic carbocycles. The molecular weight excluding hydrogens is 258 g/mol. The summed E-state index contributed by atoms with van der Waals surface area (Å²) in [6.45, 7) is 2.98. The van der Waals surface area contributed by atoms with Gasteiger partial charge in [0.25, 0.3) is 0 Å². The van der Waals surface area contributed by atoms with Gasteiger partial charge in [-0.2, -0.15) is 0 Å². The summed E-state index contributed by atoms with van der Waals surface area (Å²) in [4.78, 5) is 23.7. The lowest BCUT2D eigenvalue weighted by Gasteiger charge is -2.27. The van der Waals surface area contributed by atoms with Gasteiger partial charge in [-0.25, -0.2) is 9.59 Å². The van der Waals surface area contributed by atoms with Gasteiger partial charge in [-0.05, 0) is 36.1 Å². The van der Waals surface area contributed by atoms with Crippen LogP contribution in [0.5, 0.6) is 0 Å². The summed E-state index contributed by atoms with van der Waals surface area (Å²) in [7, 11) is 0. The van der Waals surface area contributed by atoms with E-state index in [-0.39, 0.29) is 5.97 Å². The zero-order valence-electron chi connectivity index (χ0n) is 11.3. The van der Waals surface area contributed by atoms with Gasteiger partial charge < -0.3 is 14.7 Å². The Hall–Kier alpha value is -2.30. The average Bonchev–Trinajstić information content (AvgIpc) is 2.44. The SMILES string of the molecule is CCOC(=O)/C=C/c1cccc2c1CCN(C(=O)O)C2. The van der Waals surface area contributed by atoms with Gasteiger partial charge in [0.1, 0.15) is 0 Å². The minimum atomic E-state index is -0.900. The zero-order valence-corrected chi connectivity index (χ0v) is 11.3. The van der Waals surface area contributed by atoms with E-state index >= 15 is 0 Å². The lowest BCUT2D eigenvalue weighted by Crippen LogP contribution is -2.35. The molecule has 5 heteroatoms. The molecule has 1 aromatic rings. The number of hydrogen-bond donors (Lipinski definition) is 1. The van der Waals surface area contributed by atoms with Crippen LogP contribution in [0.1, 0.15) is 23.6 Å². The topological polar surface area (TPSA) is 66.8 Å². The van der Waals surface area contributed by atoms with Gasteiger partial charge in [-0.1, -0.05) is 18.2 Å². The van der Waals surface area contributed by atoms with Crippen molar-refractivity contribution in [2.45, 2.75) is 19.9 Å². The molecular formula is C15H17NO4. The highest BCUT2D eigenvalue weighted by Crippen LogP contribution is 2.23. The molecule has 20 heavy (non-hydrogen) atoms. The fourth-order valence-corrected chi connectivity index (χ4v) is 2.31. The molecule has 0 bridgehead atoms. The summed E-state index contributed by atoms with van der Waals surface area (Å²) < 4.78 is 4.84. The first-order valence-corrected chi connectivity index (χ1v) is 6.55. The molecule has 0 unspecified atom stereocenters. The molecule has 0 saturated carbocycles. The van der Waals surface area contributed by atoms with Crippen molar-refractivity contribution in [3.8, 4) is 0 Å². The molecule has 5 nitrogen and oxygen atoms in total. The fourth-order valence-electron chi connectivity index (χ4n) is 2.31. The molecule has 106 valence electrons. The number of benzene rings is 1. The molecule has 0 fully saturated rings. The summed E-state index contributed by atoms with van der Waals surface area (Å²) in [6, 6.07) is 5.71. The Labute approximate surface area is 117 Å². The number of nitrogens with zero attached hydrogens (tertiary/aromatic N) is 1. The van der Waals surface area contributed by atoms with E-state index in [1.807, 2.05) is 18.2 Å². The van der Waals surface area contributed by atoms with Crippen LogP contribution in [0.15, 0.2) is 24.3 Å². The van der Waals surface area contributed by atoms with Crippen LogP contribution < -0.4 is 0 Å². The third kappa shape index (κ3) is 3.17. The number of ether oxygens (including phenoxy) is 1. The summed E-state index contributed by atoms with van der Waals surface area (Å²) in [5, 5.41) is 9.02. The van der Waals surface area contributed by atoms with E-state index in [4.69, 9.17) is 9.84 Å². The Morgan fingerprint density at radius 3 is 2.95 bits per heavy atom. The van der Waals surface area contributed by atoms with Crippen LogP contribution in [-0.4, -0.2) is 35.2 Å². The Kier molecular flexibility index (Phi) is 4.40. The highest BCUT2D eigenvalue weighted by atomic mass is 16.5. The molecule has 1 heterocycles. The first-order valence-electron chi connectivity index (χ1n) is 6.55. The van der Waals surface area contributed by atoms with E-state index in [0.717, 1.165) is 16.7 Å². The zero-order chi connectivity index (χ0) is 14.5. The highest BCUT2D eigenvalue weighted by Gasteiger charge is 2.21. The highest BCUT2D eigenvalue weighted by molar-refractivity contribution is 5.87. The second-order valence-electron chi connectivity index (χ2n) is 4.52. The first kappa shape index (κ1) is 14.1. The summed E-state index contributed by atoms with van der Waals surface area (Å²) in [6.07, 6.45) is 2.89. The summed E-state index contributed by atoms with van der Waals surface area (Å²) >= 11 is 0. The van der Waals surface area contributed by atoms with Crippen molar-refractivity contribution < 1.29 is 19.4 Å². The van der Waals surface area contributed by atoms with Crippen LogP contribution in [0.2, 0.25) is 0 Å². The van der Waals surface area contributed by atoms with Crippen molar-refractivity contribution in [1.29, 1.82) is 0 Å². The molecule has 1 aliphatic heterocycles. The third-order valence-corrected chi connectivity index (χ3v) is 3.26. The fraction of sp³-hybridized carbons (Fsp3) is 0.333. The van der Waals surface area contributed by atoms with Crippen LogP contribution in [0, 0.1) is 0 Å². The smallest absolute Gasteiger partial charge is 0.407 e. The second kappa shape index (κ2) is 6.23. The molecule has 1 aromatic carbocycles. The average molecular weight is 275 g/mol. The van der Waals surface area contributed by atoms with E-state index < -0.39 is 6.09 Å². The largest absolute Gasteiger partial charge is 0.465 e. The standard InChI is InChI=1S/C15H17NO4/c1-2-20-14(17)7-6-11-4-3-5-12-10-16(15(18)19)9-8-13(11)12/h3-7H,2,8-10H2,1H3,(H,18,19)/b7-6+. The van der Waals surface area contributed by atoms with Crippen LogP contribution in [0.25, 0.3) is 6.08 Å². The van der Waals surface area contributed by atoms with Gasteiger partial charge >= 0.3 is 12.1 Å². The van der Waals surface area contributed by atoms with E-state index in [9.17, 15) is 9.59 Å². The van der Waals surface area contributed by atoms with Gasteiger partial charge in [0.2, 0.25) is 0 Å².